The fourth-order valence-electron chi connectivity index (χ4n) is 3.23. The Morgan fingerprint density at radius 3 is 2.35 bits per heavy atom. The number of hydrogen-bond acceptors (Lipinski definition) is 5. The van der Waals surface area contributed by atoms with Crippen molar-refractivity contribution >= 4 is 27.3 Å². The molecule has 0 unspecified atom stereocenters. The van der Waals surface area contributed by atoms with Crippen LogP contribution in [-0.2, 0) is 21.2 Å². The summed E-state index contributed by atoms with van der Waals surface area (Å²) in [6.45, 7) is 9.44. The Hall–Kier alpha value is -2.58. The topological polar surface area (TPSA) is 105 Å². The molecule has 0 aliphatic carbocycles. The molecule has 170 valence electrons. The Kier molecular flexibility index (Phi) is 8.47. The maximum atomic E-state index is 13.0. The van der Waals surface area contributed by atoms with Crippen LogP contribution >= 0.6 is 0 Å². The molecule has 31 heavy (non-hydrogen) atoms. The molecule has 2 rings (SSSR count). The molecule has 0 bridgehead atoms. The first-order valence-corrected chi connectivity index (χ1v) is 11.9. The summed E-state index contributed by atoms with van der Waals surface area (Å²) in [5, 5.41) is 12.2. The fourth-order valence-corrected chi connectivity index (χ4v) is 4.41. The summed E-state index contributed by atoms with van der Waals surface area (Å²) in [4.78, 5) is 12.4. The van der Waals surface area contributed by atoms with Crippen LogP contribution in [0.4, 0.5) is 11.4 Å². The minimum Gasteiger partial charge on any atom is -0.492 e. The van der Waals surface area contributed by atoms with E-state index in [9.17, 15) is 18.3 Å². The highest BCUT2D eigenvalue weighted by molar-refractivity contribution is 7.92. The van der Waals surface area contributed by atoms with Gasteiger partial charge in [0.15, 0.2) is 0 Å². The van der Waals surface area contributed by atoms with Gasteiger partial charge in [0, 0.05) is 17.4 Å². The number of rotatable bonds is 10. The standard InChI is InChI=1S/C23H32N2O5S/c1-6-17-12-19(9-8-16(17)5)25-31(28,29)22-11-10-18(13-21(22)30-7-2)24-23(27)20(14-26)15(3)4/h8-13,15,20,25-26H,6-7,14H2,1-5H3,(H,24,27)/t20-/m0/s1. The maximum absolute atomic E-state index is 13.0. The smallest absolute Gasteiger partial charge is 0.265 e. The van der Waals surface area contributed by atoms with E-state index in [1.54, 1.807) is 13.0 Å². The zero-order valence-corrected chi connectivity index (χ0v) is 19.5. The van der Waals surface area contributed by atoms with Crippen molar-refractivity contribution in [1.29, 1.82) is 0 Å². The van der Waals surface area contributed by atoms with Crippen LogP contribution in [0.5, 0.6) is 5.75 Å². The van der Waals surface area contributed by atoms with E-state index in [1.165, 1.54) is 18.2 Å². The number of hydrogen-bond donors (Lipinski definition) is 3. The molecule has 0 saturated carbocycles. The largest absolute Gasteiger partial charge is 0.492 e. The van der Waals surface area contributed by atoms with Crippen molar-refractivity contribution in [2.45, 2.75) is 45.9 Å². The molecule has 7 nitrogen and oxygen atoms in total. The van der Waals surface area contributed by atoms with Gasteiger partial charge in [0.05, 0.1) is 19.1 Å². The molecule has 3 N–H and O–H groups in total. The van der Waals surface area contributed by atoms with Crippen LogP contribution in [0.1, 0.15) is 38.8 Å². The molecule has 0 spiro atoms. The van der Waals surface area contributed by atoms with Gasteiger partial charge in [-0.15, -0.1) is 0 Å². The van der Waals surface area contributed by atoms with E-state index < -0.39 is 15.9 Å². The first-order valence-electron chi connectivity index (χ1n) is 10.4. The van der Waals surface area contributed by atoms with Gasteiger partial charge in [0.25, 0.3) is 10.0 Å². The molecular formula is C23H32N2O5S. The molecule has 0 aliphatic heterocycles. The molecule has 1 amide bonds. The minimum absolute atomic E-state index is 0.0199. The predicted molar refractivity (Wildman–Crippen MR) is 123 cm³/mol. The maximum Gasteiger partial charge on any atom is 0.265 e. The van der Waals surface area contributed by atoms with Gasteiger partial charge in [-0.3, -0.25) is 9.52 Å². The minimum atomic E-state index is -3.91. The molecule has 0 radical (unpaired) electrons. The monoisotopic (exact) mass is 448 g/mol. The molecule has 2 aromatic rings. The lowest BCUT2D eigenvalue weighted by Crippen LogP contribution is -2.29. The van der Waals surface area contributed by atoms with Crippen LogP contribution in [0.3, 0.4) is 0 Å². The van der Waals surface area contributed by atoms with Crippen LogP contribution in [0.25, 0.3) is 0 Å². The van der Waals surface area contributed by atoms with Crippen molar-refractivity contribution < 1.29 is 23.1 Å². The van der Waals surface area contributed by atoms with E-state index >= 15 is 0 Å². The van der Waals surface area contributed by atoms with Crippen LogP contribution in [0.2, 0.25) is 0 Å². The van der Waals surface area contributed by atoms with Crippen LogP contribution < -0.4 is 14.8 Å². The summed E-state index contributed by atoms with van der Waals surface area (Å²) in [6, 6.07) is 9.82. The van der Waals surface area contributed by atoms with Gasteiger partial charge < -0.3 is 15.2 Å². The van der Waals surface area contributed by atoms with Gasteiger partial charge >= 0.3 is 0 Å². The summed E-state index contributed by atoms with van der Waals surface area (Å²) in [5.74, 6) is -0.793. The third-order valence-corrected chi connectivity index (χ3v) is 6.54. The van der Waals surface area contributed by atoms with Gasteiger partial charge in [0.2, 0.25) is 5.91 Å². The summed E-state index contributed by atoms with van der Waals surface area (Å²) < 4.78 is 34.3. The van der Waals surface area contributed by atoms with Crippen molar-refractivity contribution in [3.05, 3.63) is 47.5 Å². The quantitative estimate of drug-likeness (QED) is 0.510. The van der Waals surface area contributed by atoms with Crippen molar-refractivity contribution in [3.63, 3.8) is 0 Å². The summed E-state index contributed by atoms with van der Waals surface area (Å²) >= 11 is 0. The molecule has 2 aromatic carbocycles. The van der Waals surface area contributed by atoms with E-state index in [0.29, 0.717) is 11.4 Å². The molecule has 0 aromatic heterocycles. The Labute approximate surface area is 184 Å². The molecule has 8 heteroatoms. The highest BCUT2D eigenvalue weighted by Gasteiger charge is 2.24. The Morgan fingerprint density at radius 2 is 1.77 bits per heavy atom. The van der Waals surface area contributed by atoms with Crippen molar-refractivity contribution in [2.75, 3.05) is 23.3 Å². The van der Waals surface area contributed by atoms with Crippen molar-refractivity contribution in [1.82, 2.24) is 0 Å². The van der Waals surface area contributed by atoms with Crippen molar-refractivity contribution in [3.8, 4) is 5.75 Å². The van der Waals surface area contributed by atoms with Crippen LogP contribution in [0.15, 0.2) is 41.3 Å². The SMILES string of the molecule is CCOc1cc(NC(=O)[C@@H](CO)C(C)C)ccc1S(=O)(=O)Nc1ccc(C)c(CC)c1. The van der Waals surface area contributed by atoms with E-state index in [-0.39, 0.29) is 35.7 Å². The zero-order valence-electron chi connectivity index (χ0n) is 18.7. The van der Waals surface area contributed by atoms with E-state index in [2.05, 4.69) is 10.0 Å². The predicted octanol–water partition coefficient (Wildman–Crippen LogP) is 3.96. The Bertz CT molecular complexity index is 1020. The van der Waals surface area contributed by atoms with Crippen molar-refractivity contribution in [2.24, 2.45) is 11.8 Å². The molecule has 0 saturated heterocycles. The van der Waals surface area contributed by atoms with Gasteiger partial charge in [-0.25, -0.2) is 8.42 Å². The number of sulfonamides is 1. The van der Waals surface area contributed by atoms with E-state index in [4.69, 9.17) is 4.74 Å². The van der Waals surface area contributed by atoms with Gasteiger partial charge in [-0.2, -0.15) is 0 Å². The first kappa shape index (κ1) is 24.7. The average Bonchev–Trinajstić information content (AvgIpc) is 2.69. The van der Waals surface area contributed by atoms with Gasteiger partial charge in [0.1, 0.15) is 10.6 Å². The lowest BCUT2D eigenvalue weighted by molar-refractivity contribution is -0.122. The number of ether oxygens (including phenoxy) is 1. The van der Waals surface area contributed by atoms with Gasteiger partial charge in [-0.1, -0.05) is 26.8 Å². The fraction of sp³-hybridized carbons (Fsp3) is 0.435. The second kappa shape index (κ2) is 10.6. The highest BCUT2D eigenvalue weighted by Crippen LogP contribution is 2.30. The van der Waals surface area contributed by atoms with Gasteiger partial charge in [-0.05, 0) is 61.6 Å². The average molecular weight is 449 g/mol. The van der Waals surface area contributed by atoms with E-state index in [1.807, 2.05) is 39.8 Å². The second-order valence-corrected chi connectivity index (χ2v) is 9.37. The number of aliphatic hydroxyl groups excluding tert-OH is 1. The number of aliphatic hydroxyl groups is 1. The number of amides is 1. The third kappa shape index (κ3) is 6.21. The third-order valence-electron chi connectivity index (χ3n) is 5.12. The number of benzene rings is 2. The molecule has 0 fully saturated rings. The summed E-state index contributed by atoms with van der Waals surface area (Å²) in [5.41, 5.74) is 3.04. The van der Waals surface area contributed by atoms with Crippen LogP contribution in [0, 0.1) is 18.8 Å². The highest BCUT2D eigenvalue weighted by atomic mass is 32.2. The molecule has 0 heterocycles. The number of nitrogens with one attached hydrogen (secondary N) is 2. The van der Waals surface area contributed by atoms with E-state index in [0.717, 1.165) is 17.5 Å². The number of carbonyl (C=O) groups excluding carboxylic acids is 1. The first-order chi connectivity index (χ1) is 14.6. The lowest BCUT2D eigenvalue weighted by atomic mass is 9.96. The normalized spacial score (nSPS) is 12.5. The number of aryl methyl sites for hydroxylation is 2. The molecule has 0 aliphatic rings. The Morgan fingerprint density at radius 1 is 1.10 bits per heavy atom. The molecule has 1 atom stereocenters. The second-order valence-electron chi connectivity index (χ2n) is 7.72. The van der Waals surface area contributed by atoms with Crippen LogP contribution in [-0.4, -0.2) is 32.6 Å². The summed E-state index contributed by atoms with van der Waals surface area (Å²) in [7, 11) is -3.91. The lowest BCUT2D eigenvalue weighted by Gasteiger charge is -2.19. The zero-order chi connectivity index (χ0) is 23.2. The summed E-state index contributed by atoms with van der Waals surface area (Å²) in [6.07, 6.45) is 0.797. The number of anilines is 2. The number of carbonyl (C=O) groups is 1. The Balaban J connectivity index is 2.34. The molecular weight excluding hydrogens is 416 g/mol.